The van der Waals surface area contributed by atoms with Gasteiger partial charge in [0.1, 0.15) is 0 Å². The molecular weight excluding hydrogens is 232 g/mol. The summed E-state index contributed by atoms with van der Waals surface area (Å²) in [6, 6.07) is 0. The van der Waals surface area contributed by atoms with Crippen LogP contribution in [0.2, 0.25) is 0 Å². The van der Waals surface area contributed by atoms with Gasteiger partial charge in [0.25, 0.3) is 0 Å². The van der Waals surface area contributed by atoms with Crippen LogP contribution in [0.25, 0.3) is 0 Å². The van der Waals surface area contributed by atoms with Gasteiger partial charge in [-0.1, -0.05) is 19.3 Å². The molecule has 1 saturated carbocycles. The lowest BCUT2D eigenvalue weighted by molar-refractivity contribution is 0.145. The normalized spacial score (nSPS) is 18.7. The van der Waals surface area contributed by atoms with Crippen LogP contribution in [0.5, 0.6) is 0 Å². The number of ether oxygens (including phenoxy) is 1. The minimum Gasteiger partial charge on any atom is -0.382 e. The summed E-state index contributed by atoms with van der Waals surface area (Å²) in [5.74, 6) is 0. The molecule has 0 amide bonds. The van der Waals surface area contributed by atoms with Gasteiger partial charge in [-0.2, -0.15) is 0 Å². The molecule has 0 radical (unpaired) electrons. The van der Waals surface area contributed by atoms with E-state index in [1.165, 1.54) is 32.1 Å². The van der Waals surface area contributed by atoms with Gasteiger partial charge in [0, 0.05) is 25.3 Å². The summed E-state index contributed by atoms with van der Waals surface area (Å²) in [6.07, 6.45) is 7.46. The van der Waals surface area contributed by atoms with E-state index >= 15 is 0 Å². The topological polar surface area (TPSA) is 33.3 Å². The van der Waals surface area contributed by atoms with Crippen molar-refractivity contribution in [3.63, 3.8) is 0 Å². The molecule has 0 unspecified atom stereocenters. The van der Waals surface area contributed by atoms with Crippen LogP contribution < -0.4 is 10.6 Å². The van der Waals surface area contributed by atoms with Crippen LogP contribution >= 0.6 is 12.2 Å². The van der Waals surface area contributed by atoms with Gasteiger partial charge < -0.3 is 15.4 Å². The van der Waals surface area contributed by atoms with Crippen molar-refractivity contribution in [3.05, 3.63) is 0 Å². The maximum absolute atomic E-state index is 5.32. The highest BCUT2D eigenvalue weighted by Crippen LogP contribution is 2.27. The van der Waals surface area contributed by atoms with E-state index in [0.29, 0.717) is 0 Å². The Bertz CT molecular complexity index is 227. The Hall–Kier alpha value is -0.350. The van der Waals surface area contributed by atoms with Crippen LogP contribution in [0.15, 0.2) is 0 Å². The maximum atomic E-state index is 5.32. The fraction of sp³-hybridized carbons (Fsp3) is 0.923. The minimum atomic E-state index is 0.211. The highest BCUT2D eigenvalue weighted by Gasteiger charge is 2.26. The molecular formula is C13H26N2OS. The van der Waals surface area contributed by atoms with Gasteiger partial charge in [-0.15, -0.1) is 0 Å². The molecule has 1 rings (SSSR count). The molecule has 0 aliphatic heterocycles. The van der Waals surface area contributed by atoms with E-state index in [-0.39, 0.29) is 5.54 Å². The second-order valence-electron chi connectivity index (χ2n) is 5.05. The molecule has 100 valence electrons. The highest BCUT2D eigenvalue weighted by molar-refractivity contribution is 7.80. The molecule has 1 fully saturated rings. The fourth-order valence-electron chi connectivity index (χ4n) is 2.30. The third-order valence-electron chi connectivity index (χ3n) is 3.33. The summed E-state index contributed by atoms with van der Waals surface area (Å²) in [4.78, 5) is 0. The SMILES string of the molecule is CCOCCCNC(=S)NC1(C)CCCCC1. The largest absolute Gasteiger partial charge is 0.382 e. The zero-order valence-corrected chi connectivity index (χ0v) is 12.0. The Morgan fingerprint density at radius 2 is 2.00 bits per heavy atom. The molecule has 4 heteroatoms. The molecule has 0 aromatic carbocycles. The summed E-state index contributed by atoms with van der Waals surface area (Å²) >= 11 is 5.32. The summed E-state index contributed by atoms with van der Waals surface area (Å²) in [5, 5.41) is 7.52. The number of thiocarbonyl (C=S) groups is 1. The molecule has 3 nitrogen and oxygen atoms in total. The lowest BCUT2D eigenvalue weighted by atomic mass is 9.83. The summed E-state index contributed by atoms with van der Waals surface area (Å²) in [5.41, 5.74) is 0.211. The maximum Gasteiger partial charge on any atom is 0.166 e. The third-order valence-corrected chi connectivity index (χ3v) is 3.57. The van der Waals surface area contributed by atoms with Crippen LogP contribution in [0, 0.1) is 0 Å². The first-order chi connectivity index (χ1) is 8.16. The standard InChI is InChI=1S/C13H26N2OS/c1-3-16-11-7-10-14-12(17)15-13(2)8-5-4-6-9-13/h3-11H2,1-2H3,(H2,14,15,17). The molecule has 0 aromatic rings. The van der Waals surface area contributed by atoms with Crippen LogP contribution in [-0.4, -0.2) is 30.4 Å². The van der Waals surface area contributed by atoms with Gasteiger partial charge in [0.15, 0.2) is 5.11 Å². The van der Waals surface area contributed by atoms with E-state index in [1.54, 1.807) is 0 Å². The first kappa shape index (κ1) is 14.7. The Kier molecular flexibility index (Phi) is 6.82. The third kappa shape index (κ3) is 6.22. The monoisotopic (exact) mass is 258 g/mol. The Morgan fingerprint density at radius 3 is 2.65 bits per heavy atom. The average molecular weight is 258 g/mol. The number of rotatable bonds is 6. The van der Waals surface area contributed by atoms with Crippen molar-refractivity contribution in [2.24, 2.45) is 0 Å². The first-order valence-corrected chi connectivity index (χ1v) is 7.21. The van der Waals surface area contributed by atoms with Gasteiger partial charge in [0.05, 0.1) is 0 Å². The van der Waals surface area contributed by atoms with Crippen LogP contribution in [0.4, 0.5) is 0 Å². The number of nitrogens with one attached hydrogen (secondary N) is 2. The van der Waals surface area contributed by atoms with E-state index in [0.717, 1.165) is 31.3 Å². The lowest BCUT2D eigenvalue weighted by Gasteiger charge is -2.35. The molecule has 17 heavy (non-hydrogen) atoms. The van der Waals surface area contributed by atoms with Crippen molar-refractivity contribution >= 4 is 17.3 Å². The summed E-state index contributed by atoms with van der Waals surface area (Å²) < 4.78 is 5.28. The zero-order chi connectivity index (χ0) is 12.6. The lowest BCUT2D eigenvalue weighted by Crippen LogP contribution is -2.51. The van der Waals surface area contributed by atoms with Gasteiger partial charge in [0.2, 0.25) is 0 Å². The van der Waals surface area contributed by atoms with Gasteiger partial charge in [-0.3, -0.25) is 0 Å². The van der Waals surface area contributed by atoms with Gasteiger partial charge in [-0.25, -0.2) is 0 Å². The van der Waals surface area contributed by atoms with Crippen molar-refractivity contribution in [1.29, 1.82) is 0 Å². The predicted octanol–water partition coefficient (Wildman–Crippen LogP) is 2.60. The zero-order valence-electron chi connectivity index (χ0n) is 11.2. The summed E-state index contributed by atoms with van der Waals surface area (Å²) in [6.45, 7) is 6.79. The van der Waals surface area contributed by atoms with E-state index in [9.17, 15) is 0 Å². The molecule has 0 saturated heterocycles. The van der Waals surface area contributed by atoms with Gasteiger partial charge in [-0.05, 0) is 45.3 Å². The molecule has 2 N–H and O–H groups in total. The molecule has 0 aromatic heterocycles. The molecule has 1 aliphatic rings. The van der Waals surface area contributed by atoms with E-state index in [1.807, 2.05) is 6.92 Å². The molecule has 0 spiro atoms. The van der Waals surface area contributed by atoms with Crippen LogP contribution in [-0.2, 0) is 4.74 Å². The second-order valence-corrected chi connectivity index (χ2v) is 5.46. The fourth-order valence-corrected chi connectivity index (χ4v) is 2.64. The van der Waals surface area contributed by atoms with Crippen molar-refractivity contribution in [2.45, 2.75) is 57.9 Å². The highest BCUT2D eigenvalue weighted by atomic mass is 32.1. The average Bonchev–Trinajstić information content (AvgIpc) is 2.29. The molecule has 0 heterocycles. The summed E-state index contributed by atoms with van der Waals surface area (Å²) in [7, 11) is 0. The molecule has 1 aliphatic carbocycles. The second kappa shape index (κ2) is 7.88. The first-order valence-electron chi connectivity index (χ1n) is 6.80. The Balaban J connectivity index is 2.11. The van der Waals surface area contributed by atoms with Crippen molar-refractivity contribution in [1.82, 2.24) is 10.6 Å². The van der Waals surface area contributed by atoms with E-state index < -0.39 is 0 Å². The smallest absolute Gasteiger partial charge is 0.166 e. The quantitative estimate of drug-likeness (QED) is 0.567. The molecule has 0 atom stereocenters. The van der Waals surface area contributed by atoms with Crippen LogP contribution in [0.1, 0.15) is 52.4 Å². The minimum absolute atomic E-state index is 0.211. The Morgan fingerprint density at radius 1 is 1.29 bits per heavy atom. The molecule has 0 bridgehead atoms. The van der Waals surface area contributed by atoms with Crippen molar-refractivity contribution < 1.29 is 4.74 Å². The van der Waals surface area contributed by atoms with E-state index in [4.69, 9.17) is 17.0 Å². The number of hydrogen-bond donors (Lipinski definition) is 2. The van der Waals surface area contributed by atoms with Crippen LogP contribution in [0.3, 0.4) is 0 Å². The van der Waals surface area contributed by atoms with E-state index in [2.05, 4.69) is 17.6 Å². The number of hydrogen-bond acceptors (Lipinski definition) is 2. The van der Waals surface area contributed by atoms with Gasteiger partial charge >= 0.3 is 0 Å². The van der Waals surface area contributed by atoms with Crippen molar-refractivity contribution in [2.75, 3.05) is 19.8 Å². The van der Waals surface area contributed by atoms with Crippen molar-refractivity contribution in [3.8, 4) is 0 Å². The predicted molar refractivity (Wildman–Crippen MR) is 76.3 cm³/mol. The Labute approximate surface area is 111 Å².